The quantitative estimate of drug-likeness (QED) is 0.215. The summed E-state index contributed by atoms with van der Waals surface area (Å²) in [5.74, 6) is 1.80. The van der Waals surface area contributed by atoms with Crippen molar-refractivity contribution in [3.8, 4) is 0 Å². The molecule has 1 aliphatic heterocycles. The first-order valence-electron chi connectivity index (χ1n) is 21.9. The molecule has 7 rings (SSSR count). The van der Waals surface area contributed by atoms with E-state index >= 15 is 0 Å². The molecule has 0 aromatic heterocycles. The minimum absolute atomic E-state index is 0.0773. The van der Waals surface area contributed by atoms with Crippen LogP contribution < -0.4 is 5.32 Å². The molecule has 4 saturated carbocycles. The van der Waals surface area contributed by atoms with Gasteiger partial charge in [-0.15, -0.1) is 0 Å². The molecule has 1 saturated heterocycles. The molecule has 0 spiro atoms. The maximum atomic E-state index is 13.5. The van der Waals surface area contributed by atoms with Gasteiger partial charge in [0.25, 0.3) is 0 Å². The number of halogens is 2. The Labute approximate surface area is 331 Å². The minimum Gasteiger partial charge on any atom is -0.481 e. The van der Waals surface area contributed by atoms with Crippen LogP contribution in [0, 0.1) is 56.7 Å². The Morgan fingerprint density at radius 3 is 2.24 bits per heavy atom. The molecular weight excluding hydrogens is 715 g/mol. The highest BCUT2D eigenvalue weighted by Gasteiger charge is 2.70. The number of sulfone groups is 1. The summed E-state index contributed by atoms with van der Waals surface area (Å²) in [7, 11) is -2.97. The van der Waals surface area contributed by atoms with Crippen molar-refractivity contribution in [1.82, 2.24) is 10.2 Å². The number of carbonyl (C=O) groups is 1. The van der Waals surface area contributed by atoms with Crippen molar-refractivity contribution in [2.45, 2.75) is 155 Å². The van der Waals surface area contributed by atoms with Crippen molar-refractivity contribution in [2.75, 3.05) is 32.4 Å². The third-order valence-corrected chi connectivity index (χ3v) is 20.3. The van der Waals surface area contributed by atoms with Crippen LogP contribution in [0.25, 0.3) is 0 Å². The summed E-state index contributed by atoms with van der Waals surface area (Å²) in [6.07, 6.45) is 16.1. The minimum atomic E-state index is -2.97. The van der Waals surface area contributed by atoms with Crippen LogP contribution in [0.2, 0.25) is 0 Å². The topological polar surface area (TPSA) is 86.7 Å². The van der Waals surface area contributed by atoms with Gasteiger partial charge in [0, 0.05) is 31.3 Å². The zero-order chi connectivity index (χ0) is 40.0. The molecule has 1 unspecified atom stereocenters. The second-order valence-corrected chi connectivity index (χ2v) is 23.6. The number of piperidine rings is 1. The van der Waals surface area contributed by atoms with Crippen LogP contribution in [0.1, 0.15) is 138 Å². The smallest absolute Gasteiger partial charge is 0.310 e. The number of carboxylic acids is 1. The van der Waals surface area contributed by atoms with E-state index in [1.807, 2.05) is 6.08 Å². The molecule has 0 bridgehead atoms. The van der Waals surface area contributed by atoms with E-state index in [-0.39, 0.29) is 45.3 Å². The number of nitrogens with zero attached hydrogens (tertiary/aromatic N) is 1. The maximum Gasteiger partial charge on any atom is 0.310 e. The molecule has 0 radical (unpaired) electrons. The third kappa shape index (κ3) is 6.66. The second-order valence-electron chi connectivity index (χ2n) is 21.3. The number of nitrogens with one attached hydrogen (secondary N) is 1. The van der Waals surface area contributed by atoms with Gasteiger partial charge in [-0.3, -0.25) is 4.79 Å². The number of aliphatic carboxylic acids is 1. The summed E-state index contributed by atoms with van der Waals surface area (Å²) in [5.41, 5.74) is 3.20. The molecule has 55 heavy (non-hydrogen) atoms. The fourth-order valence-corrected chi connectivity index (χ4v) is 16.6. The van der Waals surface area contributed by atoms with E-state index in [4.69, 9.17) is 0 Å². The molecule has 1 heterocycles. The van der Waals surface area contributed by atoms with Crippen LogP contribution in [0.4, 0.5) is 8.78 Å². The highest BCUT2D eigenvalue weighted by atomic mass is 32.2. The van der Waals surface area contributed by atoms with Crippen LogP contribution in [0.15, 0.2) is 35.5 Å². The lowest BCUT2D eigenvalue weighted by Gasteiger charge is -2.72. The summed E-state index contributed by atoms with van der Waals surface area (Å²) in [4.78, 5) is 14.7. The van der Waals surface area contributed by atoms with E-state index in [2.05, 4.69) is 64.4 Å². The van der Waals surface area contributed by atoms with Gasteiger partial charge in [0.2, 0.25) is 6.43 Å². The monoisotopic (exact) mass is 787 g/mol. The van der Waals surface area contributed by atoms with E-state index in [1.165, 1.54) is 74.3 Å². The predicted molar refractivity (Wildman–Crippen MR) is 218 cm³/mol. The molecule has 6 aliphatic carbocycles. The predicted octanol–water partition coefficient (Wildman–Crippen LogP) is 9.87. The molecule has 7 aliphatic rings. The van der Waals surface area contributed by atoms with Gasteiger partial charge < -0.3 is 15.3 Å². The number of alkyl halides is 2. The first-order valence-corrected chi connectivity index (χ1v) is 23.8. The molecule has 5 fully saturated rings. The number of carboxylic acid groups (broad SMARTS) is 1. The Morgan fingerprint density at radius 1 is 0.927 bits per heavy atom. The Morgan fingerprint density at radius 2 is 1.64 bits per heavy atom. The van der Waals surface area contributed by atoms with E-state index in [1.54, 1.807) is 0 Å². The number of fused-ring (bicyclic) bond motifs is 7. The molecule has 0 aromatic carbocycles. The van der Waals surface area contributed by atoms with Crippen LogP contribution in [0.5, 0.6) is 0 Å². The summed E-state index contributed by atoms with van der Waals surface area (Å²) >= 11 is 0. The third-order valence-electron chi connectivity index (χ3n) is 18.6. The lowest BCUT2D eigenvalue weighted by Crippen LogP contribution is -2.68. The number of rotatable bonds is 10. The molecule has 9 heteroatoms. The molecular formula is C46H72F2N2O4S. The summed E-state index contributed by atoms with van der Waals surface area (Å²) in [6, 6.07) is 0. The maximum absolute atomic E-state index is 13.5. The Hall–Kier alpha value is -1.58. The fraction of sp³-hybridized carbons (Fsp3) is 0.848. The van der Waals surface area contributed by atoms with Crippen molar-refractivity contribution in [3.05, 3.63) is 35.5 Å². The van der Waals surface area contributed by atoms with Gasteiger partial charge in [-0.2, -0.15) is 0 Å². The van der Waals surface area contributed by atoms with Crippen molar-refractivity contribution in [3.63, 3.8) is 0 Å². The van der Waals surface area contributed by atoms with E-state index in [0.29, 0.717) is 36.0 Å². The van der Waals surface area contributed by atoms with Gasteiger partial charge in [0.1, 0.15) is 9.84 Å². The standard InChI is InChI=1S/C46H72F2N2O4S/c1-30(2)33-13-22-46(49-25-28-50-26-16-32(17-27-50)55(8,53)54)24-23-43(6)35(39(33)46)9-10-37-42(5)18-14-34(41(3,4)36(42)15-19-44(37,43)7)31-11-20-45(21-12-31,40(51)52)29-38(47)48/h11,14,32-33,35-39,49H,1,9-10,12-13,15-29H2,2-8H3,(H,51,52)/t33-,35+,36-,37+,39+,42-,43+,44+,45?,46-/m0/s1. The zero-order valence-electron chi connectivity index (χ0n) is 35.1. The number of likely N-dealkylation sites (tertiary alicyclic amines) is 1. The van der Waals surface area contributed by atoms with Crippen molar-refractivity contribution in [2.24, 2.45) is 56.7 Å². The Balaban J connectivity index is 1.10. The first-order chi connectivity index (χ1) is 25.6. The van der Waals surface area contributed by atoms with Crippen LogP contribution in [-0.2, 0) is 14.6 Å². The summed E-state index contributed by atoms with van der Waals surface area (Å²) in [6.45, 7) is 23.3. The molecule has 310 valence electrons. The lowest BCUT2D eigenvalue weighted by atomic mass is 9.33. The Kier molecular flexibility index (Phi) is 10.8. The van der Waals surface area contributed by atoms with Crippen molar-refractivity contribution >= 4 is 15.8 Å². The highest BCUT2D eigenvalue weighted by molar-refractivity contribution is 7.91. The van der Waals surface area contributed by atoms with Gasteiger partial charge >= 0.3 is 5.97 Å². The molecule has 6 nitrogen and oxygen atoms in total. The Bertz CT molecular complexity index is 1700. The van der Waals surface area contributed by atoms with Crippen LogP contribution >= 0.6 is 0 Å². The average Bonchev–Trinajstić information content (AvgIpc) is 3.48. The summed E-state index contributed by atoms with van der Waals surface area (Å²) in [5, 5.41) is 14.0. The SMILES string of the molecule is C=C(C)[C@@H]1CC[C@]2(NCCN3CCC(S(C)(=O)=O)CC3)CC[C@]3(C)[C@H](CC[C@@H]4[C@@]5(C)CC=C(C6=CCC(CC(F)F)(C(=O)O)CC6)C(C)(C)[C@@H]5CC[C@]43C)[C@@H]12. The second kappa shape index (κ2) is 14.3. The van der Waals surface area contributed by atoms with Gasteiger partial charge in [-0.25, -0.2) is 17.2 Å². The van der Waals surface area contributed by atoms with E-state index < -0.39 is 34.1 Å². The van der Waals surface area contributed by atoms with Crippen molar-refractivity contribution in [1.29, 1.82) is 0 Å². The van der Waals surface area contributed by atoms with Crippen LogP contribution in [-0.4, -0.2) is 74.0 Å². The number of hydrogen-bond donors (Lipinski definition) is 2. The highest BCUT2D eigenvalue weighted by Crippen LogP contribution is 2.76. The average molecular weight is 787 g/mol. The molecule has 0 aromatic rings. The van der Waals surface area contributed by atoms with Gasteiger partial charge in [0.05, 0.1) is 10.7 Å². The van der Waals surface area contributed by atoms with Crippen LogP contribution in [0.3, 0.4) is 0 Å². The number of allylic oxidation sites excluding steroid dienone is 5. The van der Waals surface area contributed by atoms with Gasteiger partial charge in [-0.05, 0) is 172 Å². The zero-order valence-corrected chi connectivity index (χ0v) is 35.9. The van der Waals surface area contributed by atoms with Crippen molar-refractivity contribution < 1.29 is 27.1 Å². The molecule has 2 N–H and O–H groups in total. The molecule has 0 amide bonds. The van der Waals surface area contributed by atoms with E-state index in [0.717, 1.165) is 45.4 Å². The fourth-order valence-electron chi connectivity index (χ4n) is 15.5. The van der Waals surface area contributed by atoms with Gasteiger partial charge in [0.15, 0.2) is 0 Å². The summed E-state index contributed by atoms with van der Waals surface area (Å²) < 4.78 is 51.3. The lowest BCUT2D eigenvalue weighted by molar-refractivity contribution is -0.221. The largest absolute Gasteiger partial charge is 0.481 e. The molecule has 10 atom stereocenters. The number of hydrogen-bond acceptors (Lipinski definition) is 5. The van der Waals surface area contributed by atoms with E-state index in [9.17, 15) is 27.1 Å². The normalized spacial score (nSPS) is 43.4. The first kappa shape index (κ1) is 41.6. The van der Waals surface area contributed by atoms with Gasteiger partial charge in [-0.1, -0.05) is 58.9 Å².